The molecule has 1 aliphatic carbocycles. The highest BCUT2D eigenvalue weighted by Gasteiger charge is 2.32. The van der Waals surface area contributed by atoms with Gasteiger partial charge in [-0.3, -0.25) is 0 Å². The zero-order chi connectivity index (χ0) is 7.78. The molecule has 10 heavy (non-hydrogen) atoms. The molecule has 0 N–H and O–H groups in total. The minimum atomic E-state index is 0.552. The summed E-state index contributed by atoms with van der Waals surface area (Å²) in [5, 5.41) is 0. The third-order valence-corrected chi connectivity index (χ3v) is 2.97. The van der Waals surface area contributed by atoms with Crippen LogP contribution in [0.15, 0.2) is 0 Å². The quantitative estimate of drug-likeness (QED) is 0.483. The lowest BCUT2D eigenvalue weighted by atomic mass is 9.75. The van der Waals surface area contributed by atoms with Crippen LogP contribution >= 0.6 is 0 Å². The molecule has 2 atom stereocenters. The van der Waals surface area contributed by atoms with E-state index in [2.05, 4.69) is 27.7 Å². The SMILES string of the molecule is C[C@@H]1CCC[C@@H]1C(C)(C)C. The van der Waals surface area contributed by atoms with E-state index in [9.17, 15) is 0 Å². The average Bonchev–Trinajstić information content (AvgIpc) is 2.11. The van der Waals surface area contributed by atoms with Crippen molar-refractivity contribution in [3.05, 3.63) is 0 Å². The monoisotopic (exact) mass is 140 g/mol. The Kier molecular flexibility index (Phi) is 2.07. The Balaban J connectivity index is 2.55. The molecule has 0 heterocycles. The maximum absolute atomic E-state index is 2.41. The van der Waals surface area contributed by atoms with Crippen LogP contribution in [0.3, 0.4) is 0 Å². The maximum atomic E-state index is 2.41. The molecule has 0 unspecified atom stereocenters. The fourth-order valence-corrected chi connectivity index (χ4v) is 2.43. The topological polar surface area (TPSA) is 0 Å². The van der Waals surface area contributed by atoms with Crippen molar-refractivity contribution in [1.29, 1.82) is 0 Å². The summed E-state index contributed by atoms with van der Waals surface area (Å²) in [5.74, 6) is 1.95. The number of rotatable bonds is 0. The number of hydrogen-bond acceptors (Lipinski definition) is 0. The van der Waals surface area contributed by atoms with E-state index in [-0.39, 0.29) is 0 Å². The Hall–Kier alpha value is 0. The highest BCUT2D eigenvalue weighted by molar-refractivity contribution is 4.83. The molecule has 0 aromatic rings. The second-order valence-corrected chi connectivity index (χ2v) is 4.88. The number of hydrogen-bond donors (Lipinski definition) is 0. The lowest BCUT2D eigenvalue weighted by molar-refractivity contribution is 0.196. The predicted molar refractivity (Wildman–Crippen MR) is 46.0 cm³/mol. The van der Waals surface area contributed by atoms with Crippen LogP contribution < -0.4 is 0 Å². The van der Waals surface area contributed by atoms with Crippen molar-refractivity contribution in [3.8, 4) is 0 Å². The van der Waals surface area contributed by atoms with E-state index in [1.165, 1.54) is 19.3 Å². The van der Waals surface area contributed by atoms with Gasteiger partial charge < -0.3 is 0 Å². The normalized spacial score (nSPS) is 34.8. The molecule has 0 saturated heterocycles. The van der Waals surface area contributed by atoms with Gasteiger partial charge in [-0.2, -0.15) is 0 Å². The smallest absolute Gasteiger partial charge is 0.0340 e. The molecule has 0 radical (unpaired) electrons. The van der Waals surface area contributed by atoms with Crippen LogP contribution in [0.5, 0.6) is 0 Å². The molecule has 60 valence electrons. The molecule has 0 bridgehead atoms. The van der Waals surface area contributed by atoms with E-state index >= 15 is 0 Å². The fourth-order valence-electron chi connectivity index (χ4n) is 2.43. The van der Waals surface area contributed by atoms with Crippen LogP contribution in [0.25, 0.3) is 0 Å². The third kappa shape index (κ3) is 1.53. The summed E-state index contributed by atoms with van der Waals surface area (Å²) < 4.78 is 0. The lowest BCUT2D eigenvalue weighted by Crippen LogP contribution is -2.22. The molecule has 1 saturated carbocycles. The second kappa shape index (κ2) is 2.56. The van der Waals surface area contributed by atoms with E-state index in [1.54, 1.807) is 0 Å². The summed E-state index contributed by atoms with van der Waals surface area (Å²) >= 11 is 0. The van der Waals surface area contributed by atoms with Gasteiger partial charge >= 0.3 is 0 Å². The Morgan fingerprint density at radius 1 is 1.10 bits per heavy atom. The van der Waals surface area contributed by atoms with E-state index in [0.717, 1.165) is 11.8 Å². The summed E-state index contributed by atoms with van der Waals surface area (Å²) in [7, 11) is 0. The zero-order valence-corrected chi connectivity index (χ0v) is 7.78. The third-order valence-electron chi connectivity index (χ3n) is 2.97. The van der Waals surface area contributed by atoms with Gasteiger partial charge in [-0.1, -0.05) is 40.5 Å². The molecule has 0 nitrogen and oxygen atoms in total. The summed E-state index contributed by atoms with van der Waals surface area (Å²) in [6, 6.07) is 0. The van der Waals surface area contributed by atoms with Crippen molar-refractivity contribution < 1.29 is 0 Å². The van der Waals surface area contributed by atoms with Crippen molar-refractivity contribution in [2.45, 2.75) is 47.0 Å². The van der Waals surface area contributed by atoms with Gasteiger partial charge in [0.15, 0.2) is 0 Å². The van der Waals surface area contributed by atoms with Gasteiger partial charge in [0.2, 0.25) is 0 Å². The van der Waals surface area contributed by atoms with Crippen LogP contribution in [0.4, 0.5) is 0 Å². The molecule has 0 amide bonds. The van der Waals surface area contributed by atoms with E-state index in [0.29, 0.717) is 5.41 Å². The first-order valence-corrected chi connectivity index (χ1v) is 4.52. The highest BCUT2D eigenvalue weighted by atomic mass is 14.4. The molecule has 0 aliphatic heterocycles. The minimum absolute atomic E-state index is 0.552. The molecule has 0 heteroatoms. The predicted octanol–water partition coefficient (Wildman–Crippen LogP) is 3.47. The molecule has 0 spiro atoms. The van der Waals surface area contributed by atoms with Crippen molar-refractivity contribution in [2.75, 3.05) is 0 Å². The summed E-state index contributed by atoms with van der Waals surface area (Å²) in [6.07, 6.45) is 4.38. The first-order valence-electron chi connectivity index (χ1n) is 4.52. The molecular formula is C10H20. The molecule has 0 aromatic carbocycles. The first-order chi connectivity index (χ1) is 4.52. The highest BCUT2D eigenvalue weighted by Crippen LogP contribution is 2.42. The standard InChI is InChI=1S/C10H20/c1-8-6-5-7-9(8)10(2,3)4/h8-9H,5-7H2,1-4H3/t8-,9+/m1/s1. The minimum Gasteiger partial charge on any atom is -0.0622 e. The van der Waals surface area contributed by atoms with Gasteiger partial charge in [-0.25, -0.2) is 0 Å². The van der Waals surface area contributed by atoms with Gasteiger partial charge in [0.25, 0.3) is 0 Å². The Morgan fingerprint density at radius 2 is 1.70 bits per heavy atom. The van der Waals surface area contributed by atoms with Crippen LogP contribution in [0.2, 0.25) is 0 Å². The van der Waals surface area contributed by atoms with Crippen molar-refractivity contribution in [3.63, 3.8) is 0 Å². The first kappa shape index (κ1) is 8.10. The van der Waals surface area contributed by atoms with Gasteiger partial charge in [0.1, 0.15) is 0 Å². The van der Waals surface area contributed by atoms with Gasteiger partial charge in [0, 0.05) is 0 Å². The molecule has 0 aromatic heterocycles. The van der Waals surface area contributed by atoms with Crippen LogP contribution in [-0.2, 0) is 0 Å². The molecular weight excluding hydrogens is 120 g/mol. The van der Waals surface area contributed by atoms with E-state index < -0.39 is 0 Å². The van der Waals surface area contributed by atoms with Crippen LogP contribution in [-0.4, -0.2) is 0 Å². The second-order valence-electron chi connectivity index (χ2n) is 4.88. The Labute approximate surface area is 65.0 Å². The maximum Gasteiger partial charge on any atom is -0.0340 e. The average molecular weight is 140 g/mol. The molecule has 1 fully saturated rings. The fraction of sp³-hybridized carbons (Fsp3) is 1.00. The van der Waals surface area contributed by atoms with Crippen LogP contribution in [0, 0.1) is 17.3 Å². The summed E-state index contributed by atoms with van der Waals surface area (Å²) in [5.41, 5.74) is 0.552. The van der Waals surface area contributed by atoms with Gasteiger partial charge in [-0.15, -0.1) is 0 Å². The zero-order valence-electron chi connectivity index (χ0n) is 7.78. The Morgan fingerprint density at radius 3 is 1.90 bits per heavy atom. The van der Waals surface area contributed by atoms with Crippen molar-refractivity contribution in [2.24, 2.45) is 17.3 Å². The molecule has 1 rings (SSSR count). The van der Waals surface area contributed by atoms with Crippen molar-refractivity contribution in [1.82, 2.24) is 0 Å². The van der Waals surface area contributed by atoms with Crippen LogP contribution in [0.1, 0.15) is 47.0 Å². The summed E-state index contributed by atoms with van der Waals surface area (Å²) in [6.45, 7) is 9.53. The van der Waals surface area contributed by atoms with Gasteiger partial charge in [-0.05, 0) is 23.7 Å². The van der Waals surface area contributed by atoms with Gasteiger partial charge in [0.05, 0.1) is 0 Å². The van der Waals surface area contributed by atoms with E-state index in [4.69, 9.17) is 0 Å². The lowest BCUT2D eigenvalue weighted by Gasteiger charge is -2.30. The van der Waals surface area contributed by atoms with E-state index in [1.807, 2.05) is 0 Å². The summed E-state index contributed by atoms with van der Waals surface area (Å²) in [4.78, 5) is 0. The van der Waals surface area contributed by atoms with Crippen molar-refractivity contribution >= 4 is 0 Å². The Bertz CT molecular complexity index is 108. The molecule has 1 aliphatic rings. The largest absolute Gasteiger partial charge is 0.0622 e.